The van der Waals surface area contributed by atoms with Crippen LogP contribution in [0.4, 0.5) is 0 Å². The molecule has 0 bridgehead atoms. The molecule has 9 heteroatoms. The van der Waals surface area contributed by atoms with Gasteiger partial charge in [0.1, 0.15) is 5.03 Å². The van der Waals surface area contributed by atoms with Crippen molar-refractivity contribution in [3.05, 3.63) is 70.9 Å². The lowest BCUT2D eigenvalue weighted by atomic mass is 10.00. The van der Waals surface area contributed by atoms with Gasteiger partial charge in [-0.05, 0) is 41.0 Å². The number of halogens is 2. The summed E-state index contributed by atoms with van der Waals surface area (Å²) < 4.78 is 23.4. The number of rotatable bonds is 6. The van der Waals surface area contributed by atoms with E-state index in [-0.39, 0.29) is 30.5 Å². The molecule has 0 aliphatic carbocycles. The van der Waals surface area contributed by atoms with Crippen LogP contribution in [0.15, 0.2) is 69.5 Å². The van der Waals surface area contributed by atoms with Crippen LogP contribution in [-0.2, 0) is 23.0 Å². The first-order chi connectivity index (χ1) is 13.3. The number of aliphatic hydroxyl groups excluding tert-OH is 1. The minimum atomic E-state index is -3.26. The predicted molar refractivity (Wildman–Crippen MR) is 119 cm³/mol. The van der Waals surface area contributed by atoms with Crippen molar-refractivity contribution in [2.75, 3.05) is 6.26 Å². The SMILES string of the molecule is CS(=O)(=O)c1ccc(-c2ccc(Cl)c(Sc3ncccc3CO)c2CN)cc1.Cl. The molecular formula is C20H20Cl2N2O3S2. The maximum atomic E-state index is 11.7. The maximum absolute atomic E-state index is 11.7. The van der Waals surface area contributed by atoms with Crippen molar-refractivity contribution in [1.82, 2.24) is 4.98 Å². The molecular weight excluding hydrogens is 451 g/mol. The molecule has 0 fully saturated rings. The molecule has 1 heterocycles. The summed E-state index contributed by atoms with van der Waals surface area (Å²) in [4.78, 5) is 5.36. The summed E-state index contributed by atoms with van der Waals surface area (Å²) in [6.07, 6.45) is 2.83. The lowest BCUT2D eigenvalue weighted by Crippen LogP contribution is -2.03. The first kappa shape index (κ1) is 23.7. The number of hydrogen-bond acceptors (Lipinski definition) is 6. The zero-order valence-electron chi connectivity index (χ0n) is 15.5. The van der Waals surface area contributed by atoms with Gasteiger partial charge in [-0.2, -0.15) is 0 Å². The van der Waals surface area contributed by atoms with Crippen LogP contribution in [0.2, 0.25) is 5.02 Å². The van der Waals surface area contributed by atoms with Crippen molar-refractivity contribution in [3.63, 3.8) is 0 Å². The molecule has 1 aromatic heterocycles. The Kier molecular flexibility index (Phi) is 8.10. The van der Waals surface area contributed by atoms with Crippen molar-refractivity contribution in [2.45, 2.75) is 28.0 Å². The third kappa shape index (κ3) is 5.31. The van der Waals surface area contributed by atoms with E-state index in [9.17, 15) is 13.5 Å². The second-order valence-corrected chi connectivity index (χ2v) is 9.55. The Morgan fingerprint density at radius 1 is 1.14 bits per heavy atom. The Hall–Kier alpha value is -1.61. The van der Waals surface area contributed by atoms with E-state index in [2.05, 4.69) is 4.98 Å². The van der Waals surface area contributed by atoms with Crippen LogP contribution in [-0.4, -0.2) is 24.8 Å². The fraction of sp³-hybridized carbons (Fsp3) is 0.150. The molecule has 0 aliphatic rings. The number of benzene rings is 2. The van der Waals surface area contributed by atoms with E-state index < -0.39 is 9.84 Å². The van der Waals surface area contributed by atoms with Crippen molar-refractivity contribution in [3.8, 4) is 11.1 Å². The van der Waals surface area contributed by atoms with Crippen LogP contribution in [0.3, 0.4) is 0 Å². The first-order valence-corrected chi connectivity index (χ1v) is 11.5. The maximum Gasteiger partial charge on any atom is 0.175 e. The van der Waals surface area contributed by atoms with Crippen molar-refractivity contribution < 1.29 is 13.5 Å². The van der Waals surface area contributed by atoms with Crippen molar-refractivity contribution in [2.24, 2.45) is 5.73 Å². The number of hydrogen-bond donors (Lipinski definition) is 2. The lowest BCUT2D eigenvalue weighted by Gasteiger charge is -2.16. The van der Waals surface area contributed by atoms with Gasteiger partial charge in [-0.3, -0.25) is 0 Å². The summed E-state index contributed by atoms with van der Waals surface area (Å²) in [5.41, 5.74) is 9.29. The van der Waals surface area contributed by atoms with Gasteiger partial charge in [0.05, 0.1) is 16.5 Å². The Morgan fingerprint density at radius 2 is 1.83 bits per heavy atom. The van der Waals surface area contributed by atoms with E-state index in [1.165, 1.54) is 18.0 Å². The van der Waals surface area contributed by atoms with Gasteiger partial charge in [0, 0.05) is 29.5 Å². The average Bonchev–Trinajstić information content (AvgIpc) is 2.69. The molecule has 0 aliphatic heterocycles. The van der Waals surface area contributed by atoms with Gasteiger partial charge in [0.2, 0.25) is 0 Å². The standard InChI is InChI=1S/C20H19ClN2O3S2.ClH/c1-28(25,26)15-6-4-13(5-7-15)16-8-9-18(21)19(17(16)11-22)27-20-14(12-24)3-2-10-23-20;/h2-10,24H,11-12,22H2,1H3;1H. The summed E-state index contributed by atoms with van der Waals surface area (Å²) in [6, 6.07) is 13.9. The van der Waals surface area contributed by atoms with Crippen LogP contribution < -0.4 is 5.73 Å². The molecule has 154 valence electrons. The molecule has 0 amide bonds. The van der Waals surface area contributed by atoms with Gasteiger partial charge in [-0.25, -0.2) is 13.4 Å². The fourth-order valence-electron chi connectivity index (χ4n) is 2.80. The molecule has 0 saturated heterocycles. The Morgan fingerprint density at radius 3 is 2.41 bits per heavy atom. The molecule has 0 atom stereocenters. The van der Waals surface area contributed by atoms with Crippen molar-refractivity contribution >= 4 is 45.6 Å². The molecule has 3 rings (SSSR count). The molecule has 5 nitrogen and oxygen atoms in total. The van der Waals surface area contributed by atoms with Gasteiger partial charge in [-0.15, -0.1) is 12.4 Å². The Labute approximate surface area is 185 Å². The second-order valence-electron chi connectivity index (χ2n) is 6.13. The summed E-state index contributed by atoms with van der Waals surface area (Å²) in [5, 5.41) is 10.8. The second kappa shape index (κ2) is 9.93. The van der Waals surface area contributed by atoms with Gasteiger partial charge in [-0.1, -0.05) is 47.6 Å². The molecule has 3 N–H and O–H groups in total. The van der Waals surface area contributed by atoms with Gasteiger partial charge in [0.15, 0.2) is 9.84 Å². The topological polar surface area (TPSA) is 93.3 Å². The minimum Gasteiger partial charge on any atom is -0.392 e. The first-order valence-electron chi connectivity index (χ1n) is 8.39. The highest BCUT2D eigenvalue weighted by Gasteiger charge is 2.17. The van der Waals surface area contributed by atoms with Crippen LogP contribution in [0.25, 0.3) is 11.1 Å². The number of aliphatic hydroxyl groups is 1. The molecule has 3 aromatic rings. The van der Waals surface area contributed by atoms with Crippen LogP contribution in [0.1, 0.15) is 11.1 Å². The number of nitrogens with zero attached hydrogens (tertiary/aromatic N) is 1. The largest absolute Gasteiger partial charge is 0.392 e. The van der Waals surface area contributed by atoms with Crippen LogP contribution in [0.5, 0.6) is 0 Å². The highest BCUT2D eigenvalue weighted by Crippen LogP contribution is 2.40. The lowest BCUT2D eigenvalue weighted by molar-refractivity contribution is 0.278. The van der Waals surface area contributed by atoms with E-state index in [4.69, 9.17) is 17.3 Å². The highest BCUT2D eigenvalue weighted by molar-refractivity contribution is 7.99. The third-order valence-electron chi connectivity index (χ3n) is 4.23. The quantitative estimate of drug-likeness (QED) is 0.556. The van der Waals surface area contributed by atoms with E-state index in [0.29, 0.717) is 15.6 Å². The minimum absolute atomic E-state index is 0. The monoisotopic (exact) mass is 470 g/mol. The average molecular weight is 471 g/mol. The highest BCUT2D eigenvalue weighted by atomic mass is 35.5. The summed E-state index contributed by atoms with van der Waals surface area (Å²) in [6.45, 7) is 0.117. The third-order valence-corrected chi connectivity index (χ3v) is 7.02. The molecule has 0 unspecified atom stereocenters. The van der Waals surface area contributed by atoms with Crippen LogP contribution in [0, 0.1) is 0 Å². The molecule has 0 saturated carbocycles. The zero-order chi connectivity index (χ0) is 20.3. The normalized spacial score (nSPS) is 11.2. The van der Waals surface area contributed by atoms with Crippen LogP contribution >= 0.6 is 35.8 Å². The number of aromatic nitrogens is 1. The van der Waals surface area contributed by atoms with Crippen molar-refractivity contribution in [1.29, 1.82) is 0 Å². The summed E-state index contributed by atoms with van der Waals surface area (Å²) in [5.74, 6) is 0. The van der Waals surface area contributed by atoms with Gasteiger partial charge < -0.3 is 10.8 Å². The molecule has 0 radical (unpaired) electrons. The molecule has 2 aromatic carbocycles. The molecule has 0 spiro atoms. The summed E-state index contributed by atoms with van der Waals surface area (Å²) >= 11 is 7.81. The van der Waals surface area contributed by atoms with E-state index >= 15 is 0 Å². The summed E-state index contributed by atoms with van der Waals surface area (Å²) in [7, 11) is -3.26. The number of nitrogens with two attached hydrogens (primary N) is 1. The predicted octanol–water partition coefficient (Wildman–Crippen LogP) is 4.33. The molecule has 29 heavy (non-hydrogen) atoms. The van der Waals surface area contributed by atoms with Gasteiger partial charge >= 0.3 is 0 Å². The van der Waals surface area contributed by atoms with E-state index in [1.54, 1.807) is 48.7 Å². The zero-order valence-corrected chi connectivity index (χ0v) is 18.7. The van der Waals surface area contributed by atoms with E-state index in [0.717, 1.165) is 21.6 Å². The van der Waals surface area contributed by atoms with Gasteiger partial charge in [0.25, 0.3) is 0 Å². The fourth-order valence-corrected chi connectivity index (χ4v) is 4.77. The van der Waals surface area contributed by atoms with E-state index in [1.807, 2.05) is 6.07 Å². The Balaban J connectivity index is 0.00000300. The Bertz CT molecular complexity index is 1110. The number of pyridine rings is 1. The number of sulfone groups is 1. The smallest absolute Gasteiger partial charge is 0.175 e.